The third-order valence-corrected chi connectivity index (χ3v) is 4.75. The number of hydrogen-bond acceptors (Lipinski definition) is 4. The molecule has 158 valence electrons. The number of carbonyl (C=O) groups is 1. The second-order valence-corrected chi connectivity index (χ2v) is 8.97. The van der Waals surface area contributed by atoms with Crippen LogP contribution in [-0.2, 0) is 22.6 Å². The SMILES string of the molecule is CC(C)[C@H]([C@H](O)CC(=O)OC(C)(C)C)N(Cc1ccccc1)Cc1ccccc1. The first-order valence-electron chi connectivity index (χ1n) is 10.4. The van der Waals surface area contributed by atoms with Crippen molar-refractivity contribution < 1.29 is 14.6 Å². The molecule has 0 heterocycles. The van der Waals surface area contributed by atoms with Crippen molar-refractivity contribution in [1.29, 1.82) is 0 Å². The van der Waals surface area contributed by atoms with Crippen molar-refractivity contribution in [2.45, 2.75) is 71.9 Å². The van der Waals surface area contributed by atoms with E-state index in [1.54, 1.807) is 0 Å². The zero-order chi connectivity index (χ0) is 21.4. The highest BCUT2D eigenvalue weighted by Gasteiger charge is 2.32. The van der Waals surface area contributed by atoms with Crippen molar-refractivity contribution in [2.24, 2.45) is 5.92 Å². The zero-order valence-corrected chi connectivity index (χ0v) is 18.3. The van der Waals surface area contributed by atoms with Gasteiger partial charge in [-0.05, 0) is 37.8 Å². The van der Waals surface area contributed by atoms with Gasteiger partial charge in [0, 0.05) is 19.1 Å². The summed E-state index contributed by atoms with van der Waals surface area (Å²) < 4.78 is 5.44. The molecule has 2 atom stereocenters. The summed E-state index contributed by atoms with van der Waals surface area (Å²) in [4.78, 5) is 14.6. The summed E-state index contributed by atoms with van der Waals surface area (Å²) in [5.41, 5.74) is 1.80. The van der Waals surface area contributed by atoms with Crippen LogP contribution in [0.4, 0.5) is 0 Å². The molecule has 0 bridgehead atoms. The molecule has 2 aromatic carbocycles. The lowest BCUT2D eigenvalue weighted by Crippen LogP contribution is -2.47. The summed E-state index contributed by atoms with van der Waals surface area (Å²) >= 11 is 0. The maximum absolute atomic E-state index is 12.3. The molecule has 4 heteroatoms. The summed E-state index contributed by atoms with van der Waals surface area (Å²) in [6, 6.07) is 20.3. The molecule has 0 spiro atoms. The summed E-state index contributed by atoms with van der Waals surface area (Å²) in [5, 5.41) is 11.0. The minimum atomic E-state index is -0.808. The Morgan fingerprint density at radius 2 is 1.38 bits per heavy atom. The number of aliphatic hydroxyl groups excluding tert-OH is 1. The highest BCUT2D eigenvalue weighted by Crippen LogP contribution is 2.23. The summed E-state index contributed by atoms with van der Waals surface area (Å²) in [6.07, 6.45) is -0.822. The number of aliphatic hydroxyl groups is 1. The summed E-state index contributed by atoms with van der Waals surface area (Å²) in [7, 11) is 0. The number of carbonyl (C=O) groups excluding carboxylic acids is 1. The van der Waals surface area contributed by atoms with Crippen LogP contribution in [0.2, 0.25) is 0 Å². The number of rotatable bonds is 9. The standard InChI is InChI=1S/C25H35NO3/c1-19(2)24(22(27)16-23(28)29-25(3,4)5)26(17-20-12-8-6-9-13-20)18-21-14-10-7-11-15-21/h6-15,19,22,24,27H,16-18H2,1-5H3/t22-,24-/m1/s1. The molecule has 0 aliphatic rings. The van der Waals surface area contributed by atoms with Crippen LogP contribution in [0.3, 0.4) is 0 Å². The predicted octanol–water partition coefficient (Wildman–Crippen LogP) is 4.81. The zero-order valence-electron chi connectivity index (χ0n) is 18.3. The molecule has 0 aromatic heterocycles. The van der Waals surface area contributed by atoms with Crippen LogP contribution in [0.1, 0.15) is 52.2 Å². The Morgan fingerprint density at radius 3 is 1.76 bits per heavy atom. The molecule has 0 aliphatic heterocycles. The quantitative estimate of drug-likeness (QED) is 0.617. The molecule has 29 heavy (non-hydrogen) atoms. The summed E-state index contributed by atoms with van der Waals surface area (Å²) in [6.45, 7) is 11.1. The van der Waals surface area contributed by atoms with Gasteiger partial charge in [0.25, 0.3) is 0 Å². The van der Waals surface area contributed by atoms with E-state index in [1.807, 2.05) is 57.2 Å². The fourth-order valence-corrected chi connectivity index (χ4v) is 3.69. The molecule has 4 nitrogen and oxygen atoms in total. The lowest BCUT2D eigenvalue weighted by atomic mass is 9.93. The van der Waals surface area contributed by atoms with E-state index in [-0.39, 0.29) is 24.3 Å². The molecule has 1 N–H and O–H groups in total. The maximum Gasteiger partial charge on any atom is 0.308 e. The lowest BCUT2D eigenvalue weighted by molar-refractivity contribution is -0.158. The second-order valence-electron chi connectivity index (χ2n) is 8.97. The van der Waals surface area contributed by atoms with Gasteiger partial charge in [0.15, 0.2) is 0 Å². The van der Waals surface area contributed by atoms with Crippen LogP contribution >= 0.6 is 0 Å². The topological polar surface area (TPSA) is 49.8 Å². The van der Waals surface area contributed by atoms with Crippen LogP contribution < -0.4 is 0 Å². The van der Waals surface area contributed by atoms with Crippen molar-refractivity contribution >= 4 is 5.97 Å². The monoisotopic (exact) mass is 397 g/mol. The Labute approximate surface area is 175 Å². The molecule has 2 aromatic rings. The first-order valence-corrected chi connectivity index (χ1v) is 10.4. The van der Waals surface area contributed by atoms with Crippen LogP contribution in [0.5, 0.6) is 0 Å². The van der Waals surface area contributed by atoms with Gasteiger partial charge in [-0.1, -0.05) is 74.5 Å². The molecule has 0 saturated carbocycles. The minimum absolute atomic E-state index is 0.0137. The normalized spacial score (nSPS) is 14.1. The average Bonchev–Trinajstić information content (AvgIpc) is 2.61. The number of nitrogens with zero attached hydrogens (tertiary/aromatic N) is 1. The van der Waals surface area contributed by atoms with Gasteiger partial charge in [0.1, 0.15) is 5.60 Å². The van der Waals surface area contributed by atoms with E-state index in [1.165, 1.54) is 11.1 Å². The second kappa shape index (κ2) is 10.6. The van der Waals surface area contributed by atoms with E-state index >= 15 is 0 Å². The fraction of sp³-hybridized carbons (Fsp3) is 0.480. The lowest BCUT2D eigenvalue weighted by Gasteiger charge is -2.38. The van der Waals surface area contributed by atoms with Crippen LogP contribution in [0, 0.1) is 5.92 Å². The average molecular weight is 398 g/mol. The molecule has 0 radical (unpaired) electrons. The molecular formula is C25H35NO3. The van der Waals surface area contributed by atoms with Gasteiger partial charge >= 0.3 is 5.97 Å². The van der Waals surface area contributed by atoms with Crippen LogP contribution in [0.25, 0.3) is 0 Å². The number of benzene rings is 2. The molecule has 0 saturated heterocycles. The van der Waals surface area contributed by atoms with Gasteiger partial charge < -0.3 is 9.84 Å². The fourth-order valence-electron chi connectivity index (χ4n) is 3.69. The third-order valence-electron chi connectivity index (χ3n) is 4.75. The molecule has 0 unspecified atom stereocenters. The largest absolute Gasteiger partial charge is 0.460 e. The Bertz CT molecular complexity index is 696. The van der Waals surface area contributed by atoms with E-state index in [4.69, 9.17) is 4.74 Å². The van der Waals surface area contributed by atoms with Gasteiger partial charge in [-0.2, -0.15) is 0 Å². The smallest absolute Gasteiger partial charge is 0.308 e. The molecule has 0 amide bonds. The Kier molecular flexibility index (Phi) is 8.42. The number of hydrogen-bond donors (Lipinski definition) is 1. The van der Waals surface area contributed by atoms with Crippen molar-refractivity contribution in [1.82, 2.24) is 4.90 Å². The van der Waals surface area contributed by atoms with Gasteiger partial charge in [-0.25, -0.2) is 0 Å². The van der Waals surface area contributed by atoms with Crippen molar-refractivity contribution in [3.63, 3.8) is 0 Å². The van der Waals surface area contributed by atoms with Crippen molar-refractivity contribution in [2.75, 3.05) is 0 Å². The van der Waals surface area contributed by atoms with Gasteiger partial charge in [0.2, 0.25) is 0 Å². The van der Waals surface area contributed by atoms with Crippen molar-refractivity contribution in [3.8, 4) is 0 Å². The minimum Gasteiger partial charge on any atom is -0.460 e. The van der Waals surface area contributed by atoms with E-state index in [9.17, 15) is 9.90 Å². The Morgan fingerprint density at radius 1 is 0.931 bits per heavy atom. The van der Waals surface area contributed by atoms with Crippen LogP contribution in [0.15, 0.2) is 60.7 Å². The number of ether oxygens (including phenoxy) is 1. The molecule has 2 rings (SSSR count). The molecular weight excluding hydrogens is 362 g/mol. The Hall–Kier alpha value is -2.17. The van der Waals surface area contributed by atoms with Gasteiger partial charge in [0.05, 0.1) is 12.5 Å². The van der Waals surface area contributed by atoms with E-state index in [0.29, 0.717) is 13.1 Å². The van der Waals surface area contributed by atoms with Crippen LogP contribution in [-0.4, -0.2) is 33.7 Å². The number of esters is 1. The highest BCUT2D eigenvalue weighted by atomic mass is 16.6. The van der Waals surface area contributed by atoms with E-state index < -0.39 is 11.7 Å². The first-order chi connectivity index (χ1) is 13.7. The summed E-state index contributed by atoms with van der Waals surface area (Å²) in [5.74, 6) is -0.199. The van der Waals surface area contributed by atoms with E-state index in [2.05, 4.69) is 43.0 Å². The van der Waals surface area contributed by atoms with Gasteiger partial charge in [-0.15, -0.1) is 0 Å². The molecule has 0 fully saturated rings. The third kappa shape index (κ3) is 8.00. The van der Waals surface area contributed by atoms with Gasteiger partial charge in [-0.3, -0.25) is 9.69 Å². The first kappa shape index (κ1) is 23.1. The maximum atomic E-state index is 12.3. The highest BCUT2D eigenvalue weighted by molar-refractivity contribution is 5.70. The predicted molar refractivity (Wildman–Crippen MR) is 117 cm³/mol. The van der Waals surface area contributed by atoms with Crippen molar-refractivity contribution in [3.05, 3.63) is 71.8 Å². The Balaban J connectivity index is 2.23. The molecule has 0 aliphatic carbocycles. The van der Waals surface area contributed by atoms with E-state index in [0.717, 1.165) is 0 Å².